The Morgan fingerprint density at radius 2 is 1.92 bits per heavy atom. The highest BCUT2D eigenvalue weighted by Gasteiger charge is 2.67. The van der Waals surface area contributed by atoms with Gasteiger partial charge in [-0.25, -0.2) is 0 Å². The molecule has 6 atom stereocenters. The fraction of sp³-hybridized carbons (Fsp3) is 0.423. The second kappa shape index (κ2) is 8.24. The molecule has 6 N–H and O–H groups in total. The fourth-order valence-corrected chi connectivity index (χ4v) is 7.36. The number of nitrogens with zero attached hydrogens (tertiary/aromatic N) is 1. The lowest BCUT2D eigenvalue weighted by molar-refractivity contribution is -0.184. The first-order valence-electron chi connectivity index (χ1n) is 11.7. The molecule has 0 saturated heterocycles. The monoisotopic (exact) mass is 512 g/mol. The van der Waals surface area contributed by atoms with Crippen molar-refractivity contribution in [3.05, 3.63) is 45.8 Å². The molecular weight excluding hydrogens is 484 g/mol. The number of benzene rings is 1. The summed E-state index contributed by atoms with van der Waals surface area (Å²) in [6.07, 6.45) is -1.14. The Kier molecular flexibility index (Phi) is 5.64. The first-order chi connectivity index (χ1) is 16.9. The van der Waals surface area contributed by atoms with Crippen LogP contribution in [0.3, 0.4) is 0 Å². The number of rotatable bonds is 3. The molecule has 36 heavy (non-hydrogen) atoms. The third kappa shape index (κ3) is 3.21. The first kappa shape index (κ1) is 24.6. The third-order valence-corrected chi connectivity index (χ3v) is 9.05. The number of primary amides is 1. The molecule has 3 aliphatic rings. The number of Topliss-reactive ketones (excluding diaryl/α,β-unsaturated/α-hetero) is 2. The van der Waals surface area contributed by atoms with E-state index in [1.54, 1.807) is 25.1 Å². The van der Waals surface area contributed by atoms with Crippen molar-refractivity contribution >= 4 is 34.6 Å². The van der Waals surface area contributed by atoms with Crippen LogP contribution in [-0.2, 0) is 20.8 Å². The molecule has 0 radical (unpaired) electrons. The molecule has 10 heteroatoms. The molecule has 2 saturated carbocycles. The zero-order valence-corrected chi connectivity index (χ0v) is 20.9. The number of aliphatic hydroxyl groups excluding tert-OH is 2. The van der Waals surface area contributed by atoms with Gasteiger partial charge in [-0.05, 0) is 80.0 Å². The van der Waals surface area contributed by atoms with Crippen molar-refractivity contribution in [1.29, 1.82) is 0 Å². The SMILES string of the molecule is Cc1csc(-c2ccc(O)c3c2C[C@@H]2C[C@@H]4[C@@H](N(C)C)C(O)C(C(N)=O)C(=O)[C@]4(O)C(=O)C2=C3O)c1. The second-order valence-electron chi connectivity index (χ2n) is 10.3. The number of phenols is 1. The van der Waals surface area contributed by atoms with E-state index in [1.165, 1.54) is 17.4 Å². The highest BCUT2D eigenvalue weighted by Crippen LogP contribution is 2.53. The van der Waals surface area contributed by atoms with Crippen LogP contribution in [0.25, 0.3) is 16.2 Å². The van der Waals surface area contributed by atoms with Crippen molar-refractivity contribution in [2.45, 2.75) is 37.5 Å². The summed E-state index contributed by atoms with van der Waals surface area (Å²) in [5, 5.41) is 46.5. The predicted molar refractivity (Wildman–Crippen MR) is 132 cm³/mol. The largest absolute Gasteiger partial charge is 0.507 e. The second-order valence-corrected chi connectivity index (χ2v) is 11.2. The Morgan fingerprint density at radius 1 is 1.22 bits per heavy atom. The fourth-order valence-electron chi connectivity index (χ4n) is 6.41. The maximum Gasteiger partial charge on any atom is 0.230 e. The number of aliphatic hydroxyl groups is 3. The van der Waals surface area contributed by atoms with Gasteiger partial charge in [0.25, 0.3) is 0 Å². The van der Waals surface area contributed by atoms with Gasteiger partial charge in [-0.1, -0.05) is 0 Å². The van der Waals surface area contributed by atoms with Crippen molar-refractivity contribution in [3.63, 3.8) is 0 Å². The van der Waals surface area contributed by atoms with Gasteiger partial charge in [-0.15, -0.1) is 11.3 Å². The predicted octanol–water partition coefficient (Wildman–Crippen LogP) is 1.17. The van der Waals surface area contributed by atoms with Crippen molar-refractivity contribution in [2.75, 3.05) is 14.1 Å². The number of amides is 1. The maximum atomic E-state index is 13.8. The highest BCUT2D eigenvalue weighted by atomic mass is 32.1. The summed E-state index contributed by atoms with van der Waals surface area (Å²) in [4.78, 5) is 41.8. The smallest absolute Gasteiger partial charge is 0.230 e. The number of aromatic hydroxyl groups is 1. The number of carbonyl (C=O) groups excluding carboxylic acids is 3. The van der Waals surface area contributed by atoms with Gasteiger partial charge in [0.1, 0.15) is 17.4 Å². The van der Waals surface area contributed by atoms with E-state index >= 15 is 0 Å². The van der Waals surface area contributed by atoms with Crippen LogP contribution in [0.5, 0.6) is 5.75 Å². The van der Waals surface area contributed by atoms with E-state index in [9.17, 15) is 34.8 Å². The average molecular weight is 513 g/mol. The molecule has 1 aromatic carbocycles. The lowest BCUT2D eigenvalue weighted by atomic mass is 9.54. The maximum absolute atomic E-state index is 13.8. The molecular formula is C26H28N2O7S. The van der Waals surface area contributed by atoms with Crippen molar-refractivity contribution in [3.8, 4) is 16.2 Å². The molecule has 2 fully saturated rings. The van der Waals surface area contributed by atoms with Gasteiger partial charge in [0.05, 0.1) is 11.7 Å². The van der Waals surface area contributed by atoms with E-state index in [2.05, 4.69) is 0 Å². The van der Waals surface area contributed by atoms with E-state index in [1.807, 2.05) is 18.4 Å². The molecule has 0 spiro atoms. The lowest BCUT2D eigenvalue weighted by Crippen LogP contribution is -2.73. The molecule has 1 heterocycles. The number of hydrogen-bond acceptors (Lipinski definition) is 9. The van der Waals surface area contributed by atoms with E-state index < -0.39 is 58.7 Å². The molecule has 5 rings (SSSR count). The Morgan fingerprint density at radius 3 is 2.50 bits per heavy atom. The molecule has 3 aliphatic carbocycles. The van der Waals surface area contributed by atoms with Crippen LogP contribution in [0.4, 0.5) is 0 Å². The summed E-state index contributed by atoms with van der Waals surface area (Å²) in [7, 11) is 3.25. The van der Waals surface area contributed by atoms with Crippen LogP contribution < -0.4 is 5.73 Å². The van der Waals surface area contributed by atoms with Gasteiger partial charge in [-0.2, -0.15) is 0 Å². The molecule has 1 amide bonds. The summed E-state index contributed by atoms with van der Waals surface area (Å²) in [5.41, 5.74) is 5.25. The Bertz CT molecular complexity index is 1350. The van der Waals surface area contributed by atoms with Crippen LogP contribution in [0.15, 0.2) is 29.2 Å². The van der Waals surface area contributed by atoms with Crippen molar-refractivity contribution < 1.29 is 34.8 Å². The number of ketones is 2. The Hall–Kier alpha value is -3.05. The molecule has 0 aliphatic heterocycles. The molecule has 1 aromatic heterocycles. The van der Waals surface area contributed by atoms with E-state index in [0.717, 1.165) is 16.0 Å². The zero-order chi connectivity index (χ0) is 26.3. The quantitative estimate of drug-likeness (QED) is 0.383. The van der Waals surface area contributed by atoms with Crippen molar-refractivity contribution in [2.24, 2.45) is 23.5 Å². The van der Waals surface area contributed by atoms with Gasteiger partial charge in [-0.3, -0.25) is 14.4 Å². The van der Waals surface area contributed by atoms with Gasteiger partial charge < -0.3 is 31.1 Å². The summed E-state index contributed by atoms with van der Waals surface area (Å²) >= 11 is 1.52. The Balaban J connectivity index is 1.71. The summed E-state index contributed by atoms with van der Waals surface area (Å²) in [6.45, 7) is 1.97. The number of phenolic OH excluding ortho intramolecular Hbond substituents is 1. The van der Waals surface area contributed by atoms with Gasteiger partial charge >= 0.3 is 0 Å². The molecule has 2 aromatic rings. The van der Waals surface area contributed by atoms with Crippen LogP contribution in [0.2, 0.25) is 0 Å². The van der Waals surface area contributed by atoms with Gasteiger partial charge in [0.15, 0.2) is 11.4 Å². The number of nitrogens with two attached hydrogens (primary N) is 1. The van der Waals surface area contributed by atoms with E-state index in [-0.39, 0.29) is 29.7 Å². The highest BCUT2D eigenvalue weighted by molar-refractivity contribution is 7.13. The minimum Gasteiger partial charge on any atom is -0.507 e. The van der Waals surface area contributed by atoms with Crippen LogP contribution in [-0.4, -0.2) is 74.6 Å². The molecule has 190 valence electrons. The Labute approximate surface area is 211 Å². The topological polar surface area (TPSA) is 161 Å². The number of carbonyl (C=O) groups is 3. The summed E-state index contributed by atoms with van der Waals surface area (Å²) in [6, 6.07) is 4.30. The standard InChI is InChI=1S/C26H28N2O7S/c1-10-6-16(36-9-10)12-4-5-15(29)18-13(12)7-11-8-14-20(28(2)3)22(31)19(25(27)34)24(33)26(14,35)23(32)17(11)21(18)30/h4-6,9,11,14,19-20,22,29-31,35H,7-8H2,1-3H3,(H2,27,34)/t11-,14-,19?,20-,22?,26-/m1/s1. The van der Waals surface area contributed by atoms with Crippen LogP contribution >= 0.6 is 11.3 Å². The van der Waals surface area contributed by atoms with E-state index in [0.29, 0.717) is 5.56 Å². The summed E-state index contributed by atoms with van der Waals surface area (Å²) in [5.74, 6) is -7.41. The molecule has 0 bridgehead atoms. The lowest BCUT2D eigenvalue weighted by Gasteiger charge is -2.53. The minimum atomic E-state index is -2.65. The molecule has 2 unspecified atom stereocenters. The number of likely N-dealkylation sites (N-methyl/N-ethyl adjacent to an activating group) is 1. The van der Waals surface area contributed by atoms with Gasteiger partial charge in [0, 0.05) is 22.4 Å². The van der Waals surface area contributed by atoms with Gasteiger partial charge in [0.2, 0.25) is 11.7 Å². The minimum absolute atomic E-state index is 0.0940. The number of aryl methyl sites for hydroxylation is 1. The van der Waals surface area contributed by atoms with Crippen LogP contribution in [0.1, 0.15) is 23.1 Å². The third-order valence-electron chi connectivity index (χ3n) is 7.97. The number of hydrogen-bond donors (Lipinski definition) is 5. The molecule has 9 nitrogen and oxygen atoms in total. The normalized spacial score (nSPS) is 31.8. The average Bonchev–Trinajstić information content (AvgIpc) is 3.22. The zero-order valence-electron chi connectivity index (χ0n) is 20.1. The number of fused-ring (bicyclic) bond motifs is 3. The first-order valence-corrected chi connectivity index (χ1v) is 12.6. The van der Waals surface area contributed by atoms with E-state index in [4.69, 9.17) is 5.73 Å². The number of thiophene rings is 1. The summed E-state index contributed by atoms with van der Waals surface area (Å²) < 4.78 is 0. The van der Waals surface area contributed by atoms with Crippen LogP contribution in [0, 0.1) is 24.7 Å². The van der Waals surface area contributed by atoms with Crippen molar-refractivity contribution in [1.82, 2.24) is 4.90 Å².